The van der Waals surface area contributed by atoms with Gasteiger partial charge in [0.25, 0.3) is 0 Å². The zero-order valence-corrected chi connectivity index (χ0v) is 44.1. The van der Waals surface area contributed by atoms with E-state index in [4.69, 9.17) is 60.6 Å². The molecule has 0 saturated carbocycles. The number of ketones is 1. The molecule has 1 N–H and O–H groups in total. The zero-order valence-electron chi connectivity index (χ0n) is 44.1. The van der Waals surface area contributed by atoms with Crippen LogP contribution in [0.5, 0.6) is 11.5 Å². The molecular weight excluding hydrogens is 947 g/mol. The minimum absolute atomic E-state index is 0.00626. The average Bonchev–Trinajstić information content (AvgIpc) is 4.24. The SMILES string of the molecule is COc1ccc(COCO[C@H](CC[C@H](C)[C@H](C[C@@H]2OC(=O)C[C@@H](O)C/C=C/C(=O)[C@H](C)C(OC)c3coc(n3)-c3coc(n3)-c3coc(n3)/C=C/C[C@H](OC)[C@H]2C)OC)[C@H](C)[C@@H]2OC(OC)C[C@H]2C)cc1OC. The average molecular weight is 1020 g/mol. The van der Waals surface area contributed by atoms with Gasteiger partial charge in [-0.3, -0.25) is 9.59 Å². The van der Waals surface area contributed by atoms with Gasteiger partial charge in [-0.2, -0.15) is 0 Å². The third kappa shape index (κ3) is 15.4. The van der Waals surface area contributed by atoms with Crippen LogP contribution in [0, 0.1) is 29.6 Å². The molecule has 2 aliphatic heterocycles. The van der Waals surface area contributed by atoms with Crippen molar-refractivity contribution >= 4 is 17.8 Å². The Morgan fingerprint density at radius 1 is 0.795 bits per heavy atom. The predicted octanol–water partition coefficient (Wildman–Crippen LogP) is 8.99. The van der Waals surface area contributed by atoms with Crippen LogP contribution in [0.3, 0.4) is 0 Å². The minimum Gasteiger partial charge on any atom is -0.493 e. The molecule has 0 spiro atoms. The zero-order chi connectivity index (χ0) is 52.6. The number of aromatic nitrogens is 3. The quantitative estimate of drug-likeness (QED) is 0.0525. The van der Waals surface area contributed by atoms with Gasteiger partial charge in [-0.1, -0.05) is 52.8 Å². The van der Waals surface area contributed by atoms with Crippen molar-refractivity contribution in [2.24, 2.45) is 29.6 Å². The van der Waals surface area contributed by atoms with Crippen LogP contribution < -0.4 is 9.47 Å². The number of rotatable bonds is 19. The number of methoxy groups -OCH3 is 6. The lowest BCUT2D eigenvalue weighted by atomic mass is 9.84. The van der Waals surface area contributed by atoms with E-state index in [9.17, 15) is 14.7 Å². The number of hydrogen-bond acceptors (Lipinski definition) is 19. The van der Waals surface area contributed by atoms with Gasteiger partial charge in [0, 0.05) is 53.1 Å². The number of ether oxygens (including phenoxy) is 10. The number of allylic oxidation sites excluding steroid dienone is 1. The first-order valence-electron chi connectivity index (χ1n) is 25.0. The molecule has 2 unspecified atom stereocenters. The van der Waals surface area contributed by atoms with Crippen molar-refractivity contribution < 1.29 is 75.3 Å². The summed E-state index contributed by atoms with van der Waals surface area (Å²) < 4.78 is 76.7. The number of fused-ring (bicyclic) bond motifs is 8. The number of benzene rings is 1. The number of aliphatic hydroxyl groups is 1. The molecule has 402 valence electrons. The van der Waals surface area contributed by atoms with Gasteiger partial charge in [-0.05, 0) is 67.4 Å². The molecule has 19 nitrogen and oxygen atoms in total. The molecule has 6 rings (SSSR count). The first-order valence-corrected chi connectivity index (χ1v) is 25.0. The number of aliphatic hydroxyl groups excluding tert-OH is 1. The highest BCUT2D eigenvalue weighted by Gasteiger charge is 2.40. The molecule has 0 aliphatic carbocycles. The van der Waals surface area contributed by atoms with Crippen LogP contribution in [0.2, 0.25) is 0 Å². The van der Waals surface area contributed by atoms with Crippen LogP contribution in [0.15, 0.2) is 68.5 Å². The number of carbonyl (C=O) groups is 2. The van der Waals surface area contributed by atoms with Crippen molar-refractivity contribution in [1.82, 2.24) is 15.0 Å². The largest absolute Gasteiger partial charge is 0.493 e. The van der Waals surface area contributed by atoms with Gasteiger partial charge < -0.3 is 65.7 Å². The molecule has 1 saturated heterocycles. The summed E-state index contributed by atoms with van der Waals surface area (Å²) in [6, 6.07) is 5.65. The highest BCUT2D eigenvalue weighted by atomic mass is 16.7. The van der Waals surface area contributed by atoms with Gasteiger partial charge in [0.15, 0.2) is 35.0 Å². The summed E-state index contributed by atoms with van der Waals surface area (Å²) in [7, 11) is 9.59. The predicted molar refractivity (Wildman–Crippen MR) is 266 cm³/mol. The van der Waals surface area contributed by atoms with Crippen molar-refractivity contribution in [2.45, 2.75) is 135 Å². The third-order valence-electron chi connectivity index (χ3n) is 14.1. The second-order valence-corrected chi connectivity index (χ2v) is 19.1. The van der Waals surface area contributed by atoms with E-state index in [2.05, 4.69) is 35.7 Å². The maximum atomic E-state index is 13.8. The topological polar surface area (TPSA) is 225 Å². The standard InChI is InChI=1S/C54H75N3O16/c1-31(18-20-43(35(5)51-32(2)22-50(65-10)73-51)71-30-67-26-36-19-21-44(62-7)47(23-36)64-9)45(63-8)25-46-34(4)42(61-6)16-13-17-48-55-39(28-68-48)53-57-40(29-70-53)54-56-38(27-69-54)52(66-11)33(3)41(59)15-12-14-37(58)24-49(60)72-46/h12-13,15,17,19,21,23,27-29,31-35,37,42-43,45-46,50-52,58H,14,16,18,20,22,24-26,30H2,1-11H3/b15-12+,17-13+/t31-,32+,33-,34+,35-,37-,42-,43+,45-,46-,50?,51+,52?/m0/s1. The summed E-state index contributed by atoms with van der Waals surface area (Å²) in [4.78, 5) is 40.7. The van der Waals surface area contributed by atoms with Crippen LogP contribution >= 0.6 is 0 Å². The Kier molecular flexibility index (Phi) is 21.8. The fourth-order valence-corrected chi connectivity index (χ4v) is 9.61. The third-order valence-corrected chi connectivity index (χ3v) is 14.1. The molecular formula is C54H75N3O16. The second-order valence-electron chi connectivity index (χ2n) is 19.1. The summed E-state index contributed by atoms with van der Waals surface area (Å²) in [6.07, 6.45) is 9.35. The van der Waals surface area contributed by atoms with Gasteiger partial charge in [-0.15, -0.1) is 0 Å². The lowest BCUT2D eigenvalue weighted by Crippen LogP contribution is -2.39. The van der Waals surface area contributed by atoms with E-state index < -0.39 is 36.3 Å². The first kappa shape index (κ1) is 57.0. The molecule has 1 aromatic carbocycles. The van der Waals surface area contributed by atoms with Gasteiger partial charge in [0.1, 0.15) is 43.5 Å². The van der Waals surface area contributed by atoms with Crippen molar-refractivity contribution in [2.75, 3.05) is 49.5 Å². The van der Waals surface area contributed by atoms with Crippen LogP contribution in [0.25, 0.3) is 29.2 Å². The van der Waals surface area contributed by atoms with Crippen molar-refractivity contribution in [3.63, 3.8) is 0 Å². The normalized spacial score (nSPS) is 27.0. The molecule has 2 aliphatic rings. The number of hydrogen-bond donors (Lipinski definition) is 1. The highest BCUT2D eigenvalue weighted by molar-refractivity contribution is 5.92. The highest BCUT2D eigenvalue weighted by Crippen LogP contribution is 2.37. The maximum absolute atomic E-state index is 13.8. The van der Waals surface area contributed by atoms with Gasteiger partial charge >= 0.3 is 5.97 Å². The first-order chi connectivity index (χ1) is 35.2. The van der Waals surface area contributed by atoms with E-state index in [-0.39, 0.29) is 85.5 Å². The Labute approximate surface area is 428 Å². The van der Waals surface area contributed by atoms with E-state index in [1.165, 1.54) is 32.0 Å². The van der Waals surface area contributed by atoms with E-state index in [0.717, 1.165) is 12.0 Å². The molecule has 0 radical (unpaired) electrons. The number of esters is 1. The molecule has 6 bridgehead atoms. The molecule has 5 heterocycles. The van der Waals surface area contributed by atoms with Crippen LogP contribution in [0.4, 0.5) is 0 Å². The summed E-state index contributed by atoms with van der Waals surface area (Å²) in [5, 5.41) is 11.1. The fourth-order valence-electron chi connectivity index (χ4n) is 9.61. The van der Waals surface area contributed by atoms with Crippen LogP contribution in [-0.4, -0.2) is 124 Å². The Balaban J connectivity index is 1.18. The van der Waals surface area contributed by atoms with Crippen molar-refractivity contribution in [3.8, 4) is 34.7 Å². The summed E-state index contributed by atoms with van der Waals surface area (Å²) in [5.74, 6) is 0.208. The minimum atomic E-state index is -1.13. The maximum Gasteiger partial charge on any atom is 0.308 e. The van der Waals surface area contributed by atoms with E-state index in [1.54, 1.807) is 54.6 Å². The van der Waals surface area contributed by atoms with Crippen molar-refractivity contribution in [3.05, 3.63) is 72.4 Å². The van der Waals surface area contributed by atoms with E-state index >= 15 is 0 Å². The molecule has 19 heteroatoms. The smallest absolute Gasteiger partial charge is 0.308 e. The molecule has 4 aromatic rings. The molecule has 73 heavy (non-hydrogen) atoms. The van der Waals surface area contributed by atoms with Crippen LogP contribution in [0.1, 0.15) is 103 Å². The van der Waals surface area contributed by atoms with E-state index in [1.807, 2.05) is 31.2 Å². The number of cyclic esters (lactones) is 1. The van der Waals surface area contributed by atoms with Gasteiger partial charge in [-0.25, -0.2) is 15.0 Å². The van der Waals surface area contributed by atoms with E-state index in [0.29, 0.717) is 66.8 Å². The Hall–Kier alpha value is -5.25. The molecule has 1 fully saturated rings. The van der Waals surface area contributed by atoms with Crippen molar-refractivity contribution in [1.29, 1.82) is 0 Å². The number of nitrogens with zero attached hydrogens (tertiary/aromatic N) is 3. The summed E-state index contributed by atoms with van der Waals surface area (Å²) >= 11 is 0. The lowest BCUT2D eigenvalue weighted by molar-refractivity contribution is -0.163. The fraction of sp³-hybridized carbons (Fsp3) is 0.611. The Morgan fingerprint density at radius 2 is 1.52 bits per heavy atom. The molecule has 3 aromatic heterocycles. The Bertz CT molecular complexity index is 2380. The van der Waals surface area contributed by atoms with Gasteiger partial charge in [0.2, 0.25) is 17.7 Å². The van der Waals surface area contributed by atoms with Gasteiger partial charge in [0.05, 0.1) is 63.7 Å². The molecule has 0 amide bonds. The van der Waals surface area contributed by atoms with Crippen LogP contribution in [-0.2, 0) is 54.1 Å². The second kappa shape index (κ2) is 27.9. The monoisotopic (exact) mass is 1020 g/mol. The summed E-state index contributed by atoms with van der Waals surface area (Å²) in [6.45, 7) is 10.5. The lowest BCUT2D eigenvalue weighted by Gasteiger charge is -2.35. The summed E-state index contributed by atoms with van der Waals surface area (Å²) in [5.41, 5.74) is 1.95. The Morgan fingerprint density at radius 3 is 2.23 bits per heavy atom. The molecule has 13 atom stereocenters. The number of carbonyl (C=O) groups excluding carboxylic acids is 2. The number of oxazole rings is 3.